The standard InChI is InChI=1S/C28H27F2N3O4/c1-2-23(34)7-5-3-4-6-21-17-24(14-15-31-21)37-26-13-12-22(18-25(26)30)32-28(36)33-27(35)16-19-8-10-20(29)11-9-19/h2,8-15,17-18H,1,3-7,16H2,(H2,32,33,35,36). The molecule has 1 aromatic heterocycles. The topological polar surface area (TPSA) is 97.4 Å². The fourth-order valence-electron chi connectivity index (χ4n) is 3.45. The van der Waals surface area contributed by atoms with Gasteiger partial charge in [0.15, 0.2) is 17.3 Å². The number of anilines is 1. The van der Waals surface area contributed by atoms with Crippen molar-refractivity contribution in [1.82, 2.24) is 10.3 Å². The van der Waals surface area contributed by atoms with Crippen LogP contribution in [0.5, 0.6) is 11.5 Å². The number of imide groups is 1. The molecule has 0 atom stereocenters. The highest BCUT2D eigenvalue weighted by Gasteiger charge is 2.12. The van der Waals surface area contributed by atoms with Crippen molar-refractivity contribution in [2.75, 3.05) is 5.32 Å². The Morgan fingerprint density at radius 2 is 1.76 bits per heavy atom. The minimum absolute atomic E-state index is 0.0350. The molecule has 2 aromatic carbocycles. The Labute approximate surface area is 213 Å². The number of hydrogen-bond acceptors (Lipinski definition) is 5. The first-order valence-corrected chi connectivity index (χ1v) is 11.8. The van der Waals surface area contributed by atoms with Gasteiger partial charge in [-0.15, -0.1) is 0 Å². The molecule has 37 heavy (non-hydrogen) atoms. The Bertz CT molecular complexity index is 1260. The van der Waals surface area contributed by atoms with Gasteiger partial charge in [-0.05, 0) is 61.2 Å². The summed E-state index contributed by atoms with van der Waals surface area (Å²) in [6.45, 7) is 3.46. The molecule has 0 radical (unpaired) electrons. The molecule has 3 rings (SSSR count). The number of rotatable bonds is 12. The number of nitrogens with one attached hydrogen (secondary N) is 2. The van der Waals surface area contributed by atoms with E-state index in [0.717, 1.165) is 31.0 Å². The van der Waals surface area contributed by atoms with Crippen molar-refractivity contribution < 1.29 is 27.9 Å². The molecule has 0 bridgehead atoms. The van der Waals surface area contributed by atoms with Crippen LogP contribution in [0.4, 0.5) is 19.3 Å². The molecule has 192 valence electrons. The van der Waals surface area contributed by atoms with Crippen molar-refractivity contribution >= 4 is 23.4 Å². The highest BCUT2D eigenvalue weighted by atomic mass is 19.1. The number of carbonyl (C=O) groups excluding carboxylic acids is 3. The van der Waals surface area contributed by atoms with Crippen LogP contribution < -0.4 is 15.4 Å². The van der Waals surface area contributed by atoms with Gasteiger partial charge in [-0.3, -0.25) is 19.9 Å². The molecule has 7 nitrogen and oxygen atoms in total. The number of ether oxygens (including phenoxy) is 1. The van der Waals surface area contributed by atoms with Crippen LogP contribution in [0.15, 0.2) is 73.4 Å². The molecular weight excluding hydrogens is 480 g/mol. The van der Waals surface area contributed by atoms with Crippen LogP contribution in [-0.2, 0) is 22.4 Å². The van der Waals surface area contributed by atoms with E-state index in [1.807, 2.05) is 0 Å². The third-order valence-corrected chi connectivity index (χ3v) is 5.32. The van der Waals surface area contributed by atoms with Crippen LogP contribution in [-0.4, -0.2) is 22.7 Å². The highest BCUT2D eigenvalue weighted by molar-refractivity contribution is 6.01. The maximum atomic E-state index is 14.6. The van der Waals surface area contributed by atoms with E-state index in [-0.39, 0.29) is 23.6 Å². The minimum Gasteiger partial charge on any atom is -0.454 e. The van der Waals surface area contributed by atoms with Crippen LogP contribution in [0.1, 0.15) is 36.9 Å². The van der Waals surface area contributed by atoms with Gasteiger partial charge in [-0.1, -0.05) is 25.1 Å². The Morgan fingerprint density at radius 1 is 0.973 bits per heavy atom. The molecule has 0 spiro atoms. The van der Waals surface area contributed by atoms with Gasteiger partial charge in [0.05, 0.1) is 6.42 Å². The zero-order valence-electron chi connectivity index (χ0n) is 20.1. The van der Waals surface area contributed by atoms with Gasteiger partial charge < -0.3 is 10.1 Å². The number of benzene rings is 2. The summed E-state index contributed by atoms with van der Waals surface area (Å²) in [5.74, 6) is -1.32. The summed E-state index contributed by atoms with van der Waals surface area (Å²) in [7, 11) is 0. The molecule has 3 aromatic rings. The zero-order valence-corrected chi connectivity index (χ0v) is 20.1. The van der Waals surface area contributed by atoms with E-state index in [1.54, 1.807) is 18.3 Å². The predicted octanol–water partition coefficient (Wildman–Crippen LogP) is 5.90. The van der Waals surface area contributed by atoms with E-state index >= 15 is 0 Å². The second kappa shape index (κ2) is 13.6. The summed E-state index contributed by atoms with van der Waals surface area (Å²) in [6, 6.07) is 11.7. The number of pyridine rings is 1. The summed E-state index contributed by atoms with van der Waals surface area (Å²) in [5, 5.41) is 4.53. The molecular formula is C28H27F2N3O4. The largest absolute Gasteiger partial charge is 0.454 e. The fraction of sp³-hybridized carbons (Fsp3) is 0.214. The van der Waals surface area contributed by atoms with Crippen molar-refractivity contribution in [3.05, 3.63) is 96.3 Å². The number of ketones is 1. The molecule has 0 saturated carbocycles. The predicted molar refractivity (Wildman–Crippen MR) is 135 cm³/mol. The van der Waals surface area contributed by atoms with Gasteiger partial charge in [0.25, 0.3) is 0 Å². The SMILES string of the molecule is C=CC(=O)CCCCCc1cc(Oc2ccc(NC(=O)NC(=O)Cc3ccc(F)cc3)cc2F)ccn1. The smallest absolute Gasteiger partial charge is 0.325 e. The molecule has 0 unspecified atom stereocenters. The second-order valence-corrected chi connectivity index (χ2v) is 8.27. The number of hydrogen-bond donors (Lipinski definition) is 2. The third kappa shape index (κ3) is 9.29. The number of allylic oxidation sites excluding steroid dienone is 1. The molecule has 3 amide bonds. The van der Waals surface area contributed by atoms with E-state index in [0.29, 0.717) is 24.2 Å². The first kappa shape index (κ1) is 27.2. The summed E-state index contributed by atoms with van der Waals surface area (Å²) in [6.07, 6.45) is 6.48. The van der Waals surface area contributed by atoms with E-state index in [4.69, 9.17) is 4.74 Å². The maximum absolute atomic E-state index is 14.6. The molecule has 1 heterocycles. The number of carbonyl (C=O) groups is 3. The molecule has 0 fully saturated rings. The molecule has 0 saturated heterocycles. The molecule has 2 N–H and O–H groups in total. The van der Waals surface area contributed by atoms with Gasteiger partial charge in [0, 0.05) is 36.1 Å². The Kier molecular flexibility index (Phi) is 10.0. The van der Waals surface area contributed by atoms with Gasteiger partial charge in [-0.2, -0.15) is 0 Å². The van der Waals surface area contributed by atoms with Gasteiger partial charge in [0.1, 0.15) is 11.6 Å². The van der Waals surface area contributed by atoms with Gasteiger partial charge in [0.2, 0.25) is 5.91 Å². The lowest BCUT2D eigenvalue weighted by atomic mass is 10.1. The number of aryl methyl sites for hydroxylation is 1. The average Bonchev–Trinajstić information content (AvgIpc) is 2.87. The van der Waals surface area contributed by atoms with E-state index in [2.05, 4.69) is 22.2 Å². The Morgan fingerprint density at radius 3 is 2.49 bits per heavy atom. The van der Waals surface area contributed by atoms with Crippen LogP contribution in [0.3, 0.4) is 0 Å². The number of halogens is 2. The number of amides is 3. The number of aromatic nitrogens is 1. The number of urea groups is 1. The van der Waals surface area contributed by atoms with Crippen LogP contribution >= 0.6 is 0 Å². The van der Waals surface area contributed by atoms with Crippen LogP contribution in [0.2, 0.25) is 0 Å². The fourth-order valence-corrected chi connectivity index (χ4v) is 3.45. The second-order valence-electron chi connectivity index (χ2n) is 8.27. The van der Waals surface area contributed by atoms with Gasteiger partial charge in [-0.25, -0.2) is 13.6 Å². The summed E-state index contributed by atoms with van der Waals surface area (Å²) in [4.78, 5) is 39.6. The maximum Gasteiger partial charge on any atom is 0.325 e. The van der Waals surface area contributed by atoms with Crippen molar-refractivity contribution in [2.45, 2.75) is 38.5 Å². The van der Waals surface area contributed by atoms with Crippen molar-refractivity contribution in [3.63, 3.8) is 0 Å². The molecule has 0 aliphatic rings. The molecule has 0 aliphatic carbocycles. The van der Waals surface area contributed by atoms with Crippen LogP contribution in [0, 0.1) is 11.6 Å². The van der Waals surface area contributed by atoms with Crippen molar-refractivity contribution in [2.24, 2.45) is 0 Å². The van der Waals surface area contributed by atoms with E-state index in [9.17, 15) is 23.2 Å². The summed E-state index contributed by atoms with van der Waals surface area (Å²) < 4.78 is 33.2. The monoisotopic (exact) mass is 507 g/mol. The Hall–Kier alpha value is -4.40. The Balaban J connectivity index is 1.49. The van der Waals surface area contributed by atoms with Gasteiger partial charge >= 0.3 is 6.03 Å². The van der Waals surface area contributed by atoms with Crippen LogP contribution in [0.25, 0.3) is 0 Å². The normalized spacial score (nSPS) is 10.4. The summed E-state index contributed by atoms with van der Waals surface area (Å²) in [5.41, 5.74) is 1.45. The lowest BCUT2D eigenvalue weighted by Crippen LogP contribution is -2.35. The molecule has 9 heteroatoms. The van der Waals surface area contributed by atoms with Crippen molar-refractivity contribution in [1.29, 1.82) is 0 Å². The first-order valence-electron chi connectivity index (χ1n) is 11.8. The minimum atomic E-state index is -0.826. The first-order chi connectivity index (χ1) is 17.8. The quantitative estimate of drug-likeness (QED) is 0.235. The van der Waals surface area contributed by atoms with E-state index in [1.165, 1.54) is 42.5 Å². The third-order valence-electron chi connectivity index (χ3n) is 5.32. The molecule has 0 aliphatic heterocycles. The lowest BCUT2D eigenvalue weighted by molar-refractivity contribution is -0.119. The zero-order chi connectivity index (χ0) is 26.6. The average molecular weight is 508 g/mol. The summed E-state index contributed by atoms with van der Waals surface area (Å²) >= 11 is 0. The highest BCUT2D eigenvalue weighted by Crippen LogP contribution is 2.27. The van der Waals surface area contributed by atoms with Crippen molar-refractivity contribution in [3.8, 4) is 11.5 Å². The number of nitrogens with zero attached hydrogens (tertiary/aromatic N) is 1. The van der Waals surface area contributed by atoms with E-state index < -0.39 is 23.6 Å². The lowest BCUT2D eigenvalue weighted by Gasteiger charge is -2.11. The number of unbranched alkanes of at least 4 members (excludes halogenated alkanes) is 2.